The first-order valence-electron chi connectivity index (χ1n) is 10.9. The van der Waals surface area contributed by atoms with Gasteiger partial charge >= 0.3 is 6.03 Å². The van der Waals surface area contributed by atoms with Crippen LogP contribution in [0.3, 0.4) is 0 Å². The van der Waals surface area contributed by atoms with Gasteiger partial charge < -0.3 is 5.32 Å². The lowest BCUT2D eigenvalue weighted by molar-refractivity contribution is 0.0658. The van der Waals surface area contributed by atoms with Crippen LogP contribution >= 0.6 is 0 Å². The predicted molar refractivity (Wildman–Crippen MR) is 122 cm³/mol. The highest BCUT2D eigenvalue weighted by Gasteiger charge is 2.50. The Hall–Kier alpha value is -3.39. The molecule has 164 valence electrons. The molecular formula is C24H27N7O. The van der Waals surface area contributed by atoms with E-state index >= 15 is 0 Å². The van der Waals surface area contributed by atoms with Crippen LogP contribution in [0.2, 0.25) is 0 Å². The van der Waals surface area contributed by atoms with Crippen molar-refractivity contribution >= 4 is 11.7 Å². The maximum absolute atomic E-state index is 12.9. The fourth-order valence-electron chi connectivity index (χ4n) is 5.12. The Labute approximate surface area is 187 Å². The highest BCUT2D eigenvalue weighted by Crippen LogP contribution is 2.46. The minimum absolute atomic E-state index is 0.00596. The smallest absolute Gasteiger partial charge is 0.322 e. The first-order chi connectivity index (χ1) is 15.5. The van der Waals surface area contributed by atoms with Crippen molar-refractivity contribution in [1.82, 2.24) is 30.4 Å². The zero-order valence-electron chi connectivity index (χ0n) is 18.4. The molecule has 1 saturated carbocycles. The number of hydrogen-bond donors (Lipinski definition) is 1. The molecule has 1 N–H and O–H groups in total. The van der Waals surface area contributed by atoms with E-state index < -0.39 is 0 Å². The minimum atomic E-state index is -0.223. The summed E-state index contributed by atoms with van der Waals surface area (Å²) in [5, 5.41) is 10.9. The fourth-order valence-corrected chi connectivity index (χ4v) is 5.12. The molecule has 1 saturated heterocycles. The second kappa shape index (κ2) is 7.94. The molecule has 1 aromatic carbocycles. The summed E-state index contributed by atoms with van der Waals surface area (Å²) in [4.78, 5) is 25.9. The number of amides is 2. The predicted octanol–water partition coefficient (Wildman–Crippen LogP) is 3.23. The van der Waals surface area contributed by atoms with Crippen molar-refractivity contribution in [2.24, 2.45) is 0 Å². The third-order valence-corrected chi connectivity index (χ3v) is 7.07. The molecule has 0 unspecified atom stereocenters. The lowest BCUT2D eigenvalue weighted by Crippen LogP contribution is -2.54. The molecule has 0 atom stereocenters. The molecule has 3 aromatic rings. The molecule has 1 aliphatic heterocycles. The number of benzene rings is 1. The fraction of sp³-hybridized carbons (Fsp3) is 0.375. The first kappa shape index (κ1) is 20.5. The highest BCUT2D eigenvalue weighted by atomic mass is 16.2. The molecule has 2 amide bonds. The van der Waals surface area contributed by atoms with Crippen molar-refractivity contribution in [2.75, 3.05) is 25.5 Å². The standard InChI is InChI=1S/C24H27N7O/c1-30(2)24(19-6-4-3-5-7-19)11-9-23(10-12-24)17-31(22(32)29-23)20-15-25-21(26-16-20)18-8-13-27-28-14-18/h3-8,13-16H,9-12,17H2,1-2H3,(H,29,32). The zero-order valence-corrected chi connectivity index (χ0v) is 18.4. The van der Waals surface area contributed by atoms with Crippen LogP contribution in [0.1, 0.15) is 31.2 Å². The van der Waals surface area contributed by atoms with E-state index in [2.05, 4.69) is 74.8 Å². The molecule has 32 heavy (non-hydrogen) atoms. The average molecular weight is 430 g/mol. The number of aromatic nitrogens is 4. The van der Waals surface area contributed by atoms with E-state index in [0.29, 0.717) is 18.1 Å². The quantitative estimate of drug-likeness (QED) is 0.685. The van der Waals surface area contributed by atoms with E-state index in [-0.39, 0.29) is 17.1 Å². The monoisotopic (exact) mass is 429 g/mol. The third-order valence-electron chi connectivity index (χ3n) is 7.07. The van der Waals surface area contributed by atoms with Gasteiger partial charge in [0.15, 0.2) is 5.82 Å². The van der Waals surface area contributed by atoms with Crippen molar-refractivity contribution in [3.8, 4) is 11.4 Å². The molecule has 2 fully saturated rings. The molecule has 1 spiro atoms. The molecule has 0 radical (unpaired) electrons. The Kier molecular flexibility index (Phi) is 5.09. The molecule has 8 heteroatoms. The lowest BCUT2D eigenvalue weighted by Gasteiger charge is -2.48. The van der Waals surface area contributed by atoms with Crippen molar-refractivity contribution in [3.63, 3.8) is 0 Å². The summed E-state index contributed by atoms with van der Waals surface area (Å²) >= 11 is 0. The SMILES string of the molecule is CN(C)C1(c2ccccc2)CCC2(CC1)CN(c1cnc(-c3ccnnc3)nc1)C(=O)N2. The van der Waals surface area contributed by atoms with E-state index in [1.54, 1.807) is 29.7 Å². The summed E-state index contributed by atoms with van der Waals surface area (Å²) in [7, 11) is 4.31. The van der Waals surface area contributed by atoms with Gasteiger partial charge in [0.25, 0.3) is 0 Å². The molecule has 3 heterocycles. The first-order valence-corrected chi connectivity index (χ1v) is 10.9. The molecule has 8 nitrogen and oxygen atoms in total. The summed E-state index contributed by atoms with van der Waals surface area (Å²) in [6, 6.07) is 12.4. The molecule has 5 rings (SSSR count). The van der Waals surface area contributed by atoms with E-state index in [4.69, 9.17) is 0 Å². The summed E-state index contributed by atoms with van der Waals surface area (Å²) in [6.07, 6.45) is 10.5. The van der Waals surface area contributed by atoms with Crippen LogP contribution < -0.4 is 10.2 Å². The molecule has 2 aromatic heterocycles. The van der Waals surface area contributed by atoms with Gasteiger partial charge in [-0.2, -0.15) is 10.2 Å². The van der Waals surface area contributed by atoms with Crippen LogP contribution in [0.15, 0.2) is 61.2 Å². The van der Waals surface area contributed by atoms with Crippen LogP contribution in [0.4, 0.5) is 10.5 Å². The van der Waals surface area contributed by atoms with Crippen molar-refractivity contribution in [1.29, 1.82) is 0 Å². The Balaban J connectivity index is 1.33. The number of anilines is 1. The van der Waals surface area contributed by atoms with Gasteiger partial charge in [0.05, 0.1) is 42.6 Å². The second-order valence-corrected chi connectivity index (χ2v) is 8.98. The van der Waals surface area contributed by atoms with Gasteiger partial charge in [-0.3, -0.25) is 9.80 Å². The normalized spacial score (nSPS) is 25.3. The molecular weight excluding hydrogens is 402 g/mol. The van der Waals surface area contributed by atoms with Gasteiger partial charge in [0.2, 0.25) is 0 Å². The van der Waals surface area contributed by atoms with Crippen LogP contribution in [0.5, 0.6) is 0 Å². The van der Waals surface area contributed by atoms with Crippen LogP contribution in [-0.4, -0.2) is 57.3 Å². The number of urea groups is 1. The maximum atomic E-state index is 12.9. The molecule has 2 aliphatic rings. The maximum Gasteiger partial charge on any atom is 0.322 e. The number of rotatable bonds is 4. The van der Waals surface area contributed by atoms with Gasteiger partial charge in [-0.25, -0.2) is 14.8 Å². The summed E-state index contributed by atoms with van der Waals surface area (Å²) in [6.45, 7) is 0.629. The van der Waals surface area contributed by atoms with Crippen molar-refractivity contribution in [3.05, 3.63) is 66.7 Å². The molecule has 1 aliphatic carbocycles. The topological polar surface area (TPSA) is 87.1 Å². The average Bonchev–Trinajstić information content (AvgIpc) is 3.16. The van der Waals surface area contributed by atoms with Crippen LogP contribution in [0.25, 0.3) is 11.4 Å². The number of hydrogen-bond acceptors (Lipinski definition) is 6. The van der Waals surface area contributed by atoms with E-state index in [1.807, 2.05) is 6.07 Å². The summed E-state index contributed by atoms with van der Waals surface area (Å²) in [5.41, 5.74) is 2.61. The highest BCUT2D eigenvalue weighted by molar-refractivity contribution is 5.95. The van der Waals surface area contributed by atoms with Crippen molar-refractivity contribution < 1.29 is 4.79 Å². The van der Waals surface area contributed by atoms with Gasteiger partial charge in [-0.05, 0) is 51.4 Å². The Morgan fingerprint density at radius 1 is 0.938 bits per heavy atom. The van der Waals surface area contributed by atoms with Gasteiger partial charge in [-0.15, -0.1) is 0 Å². The van der Waals surface area contributed by atoms with Crippen LogP contribution in [0, 0.1) is 0 Å². The Bertz CT molecular complexity index is 1080. The summed E-state index contributed by atoms with van der Waals surface area (Å²) in [5.74, 6) is 0.564. The van der Waals surface area contributed by atoms with Gasteiger partial charge in [0.1, 0.15) is 0 Å². The van der Waals surface area contributed by atoms with E-state index in [0.717, 1.165) is 31.2 Å². The van der Waals surface area contributed by atoms with Gasteiger partial charge in [0, 0.05) is 11.1 Å². The van der Waals surface area contributed by atoms with Gasteiger partial charge in [-0.1, -0.05) is 30.3 Å². The van der Waals surface area contributed by atoms with Crippen LogP contribution in [-0.2, 0) is 5.54 Å². The summed E-state index contributed by atoms with van der Waals surface area (Å²) < 4.78 is 0. The molecule has 0 bridgehead atoms. The number of nitrogens with zero attached hydrogens (tertiary/aromatic N) is 6. The van der Waals surface area contributed by atoms with E-state index in [9.17, 15) is 4.79 Å². The Morgan fingerprint density at radius 2 is 1.66 bits per heavy atom. The van der Waals surface area contributed by atoms with E-state index in [1.165, 1.54) is 5.56 Å². The van der Waals surface area contributed by atoms with Crippen molar-refractivity contribution in [2.45, 2.75) is 36.8 Å². The Morgan fingerprint density at radius 3 is 2.28 bits per heavy atom. The number of nitrogens with one attached hydrogen (secondary N) is 1. The minimum Gasteiger partial charge on any atom is -0.330 e. The third kappa shape index (κ3) is 3.50. The number of carbonyl (C=O) groups is 1. The second-order valence-electron chi connectivity index (χ2n) is 8.98. The zero-order chi connectivity index (χ0) is 22.2. The number of carbonyl (C=O) groups excluding carboxylic acids is 1. The largest absolute Gasteiger partial charge is 0.330 e. The lowest BCUT2D eigenvalue weighted by atomic mass is 9.69.